The molecule has 1 aromatic rings. The van der Waals surface area contributed by atoms with Gasteiger partial charge >= 0.3 is 5.97 Å². The van der Waals surface area contributed by atoms with E-state index in [4.69, 9.17) is 9.47 Å². The zero-order chi connectivity index (χ0) is 21.5. The maximum Gasteiger partial charge on any atom is 0.338 e. The van der Waals surface area contributed by atoms with E-state index in [9.17, 15) is 9.59 Å². The summed E-state index contributed by atoms with van der Waals surface area (Å²) in [7, 11) is 1.55. The molecule has 2 aliphatic heterocycles. The number of allylic oxidation sites excluding steroid dienone is 1. The molecule has 30 heavy (non-hydrogen) atoms. The van der Waals surface area contributed by atoms with Gasteiger partial charge in [0, 0.05) is 19.4 Å². The topological polar surface area (TPSA) is 80.2 Å². The Labute approximate surface area is 180 Å². The minimum absolute atomic E-state index is 0.120. The van der Waals surface area contributed by atoms with Gasteiger partial charge in [-0.2, -0.15) is 0 Å². The van der Waals surface area contributed by atoms with Crippen molar-refractivity contribution >= 4 is 28.8 Å². The summed E-state index contributed by atoms with van der Waals surface area (Å²) in [4.78, 5) is 31.9. The molecule has 0 fully saturated rings. The summed E-state index contributed by atoms with van der Waals surface area (Å²) in [5, 5.41) is 5.44. The van der Waals surface area contributed by atoms with Crippen LogP contribution in [0.1, 0.15) is 24.9 Å². The van der Waals surface area contributed by atoms with E-state index in [0.717, 1.165) is 16.4 Å². The summed E-state index contributed by atoms with van der Waals surface area (Å²) in [6.07, 6.45) is 1.81. The van der Waals surface area contributed by atoms with Gasteiger partial charge in [0.15, 0.2) is 5.17 Å². The molecular weight excluding hydrogens is 402 g/mol. The molecule has 0 spiro atoms. The third-order valence-electron chi connectivity index (χ3n) is 4.64. The summed E-state index contributed by atoms with van der Waals surface area (Å²) >= 11 is 1.45. The summed E-state index contributed by atoms with van der Waals surface area (Å²) in [5.41, 5.74) is 2.77. The van der Waals surface area contributed by atoms with Gasteiger partial charge in [0.05, 0.1) is 30.3 Å². The lowest BCUT2D eigenvalue weighted by molar-refractivity contribution is -0.141. The number of carbonyl (C=O) groups excluding carboxylic acids is 2. The Morgan fingerprint density at radius 3 is 2.77 bits per heavy atom. The predicted octanol–water partition coefficient (Wildman–Crippen LogP) is 3.14. The van der Waals surface area contributed by atoms with Gasteiger partial charge in [0.2, 0.25) is 5.91 Å². The minimum Gasteiger partial charge on any atom is -0.460 e. The average molecular weight is 428 g/mol. The first kappa shape index (κ1) is 21.9. The maximum atomic E-state index is 13.0. The molecule has 158 valence electrons. The lowest BCUT2D eigenvalue weighted by Crippen LogP contribution is -2.38. The molecule has 1 amide bonds. The second kappa shape index (κ2) is 10.3. The second-order valence-electron chi connectivity index (χ2n) is 6.70. The van der Waals surface area contributed by atoms with Crippen molar-refractivity contribution in [1.29, 1.82) is 0 Å². The van der Waals surface area contributed by atoms with E-state index in [2.05, 4.69) is 16.9 Å². The Morgan fingerprint density at radius 1 is 1.30 bits per heavy atom. The summed E-state index contributed by atoms with van der Waals surface area (Å²) in [6, 6.07) is 9.26. The van der Waals surface area contributed by atoms with E-state index < -0.39 is 12.0 Å². The Bertz CT molecular complexity index is 908. The minimum atomic E-state index is -0.437. The predicted molar refractivity (Wildman–Crippen MR) is 117 cm³/mol. The molecule has 7 nitrogen and oxygen atoms in total. The fraction of sp³-hybridized carbons (Fsp3) is 0.318. The van der Waals surface area contributed by atoms with Crippen molar-refractivity contribution in [2.24, 2.45) is 4.99 Å². The monoisotopic (exact) mass is 427 g/mol. The van der Waals surface area contributed by atoms with Crippen LogP contribution in [0.15, 0.2) is 70.4 Å². The van der Waals surface area contributed by atoms with E-state index in [1.165, 1.54) is 11.8 Å². The summed E-state index contributed by atoms with van der Waals surface area (Å²) in [5.74, 6) is -0.557. The zero-order valence-corrected chi connectivity index (χ0v) is 17.9. The van der Waals surface area contributed by atoms with Crippen molar-refractivity contribution in [3.8, 4) is 0 Å². The maximum absolute atomic E-state index is 13.0. The Morgan fingerprint density at radius 2 is 2.07 bits per heavy atom. The molecule has 1 atom stereocenters. The number of hydrogen-bond donors (Lipinski definition) is 1. The van der Waals surface area contributed by atoms with Crippen molar-refractivity contribution in [2.75, 3.05) is 26.9 Å². The fourth-order valence-electron chi connectivity index (χ4n) is 3.29. The molecule has 0 aliphatic carbocycles. The van der Waals surface area contributed by atoms with Crippen molar-refractivity contribution in [1.82, 2.24) is 10.2 Å². The molecule has 1 aromatic carbocycles. The number of methoxy groups -OCH3 is 1. The molecule has 2 aliphatic rings. The second-order valence-corrected chi connectivity index (χ2v) is 7.54. The molecule has 0 aromatic heterocycles. The van der Waals surface area contributed by atoms with Crippen molar-refractivity contribution in [2.45, 2.75) is 19.4 Å². The standard InChI is InChI=1S/C22H25N3O4S/c1-4-10-23-18(26)13-17-14-30-22-24-15(2)19(21(27)29-12-11-28-3)20(25(17)22)16-8-6-5-7-9-16/h4-9,14,20H,1,10-13H2,2-3H3,(H,23,26). The quantitative estimate of drug-likeness (QED) is 0.371. The van der Waals surface area contributed by atoms with Gasteiger partial charge in [-0.3, -0.25) is 4.79 Å². The first-order valence-electron chi connectivity index (χ1n) is 9.59. The molecule has 0 saturated heterocycles. The number of thioether (sulfide) groups is 1. The van der Waals surface area contributed by atoms with Gasteiger partial charge in [0.25, 0.3) is 0 Å². The zero-order valence-electron chi connectivity index (χ0n) is 17.1. The Balaban J connectivity index is 1.94. The van der Waals surface area contributed by atoms with E-state index >= 15 is 0 Å². The van der Waals surface area contributed by atoms with E-state index in [1.54, 1.807) is 13.2 Å². The van der Waals surface area contributed by atoms with Crippen LogP contribution in [0.3, 0.4) is 0 Å². The van der Waals surface area contributed by atoms with Crippen LogP contribution in [0.4, 0.5) is 0 Å². The molecule has 8 heteroatoms. The number of ether oxygens (including phenoxy) is 2. The summed E-state index contributed by atoms with van der Waals surface area (Å²) in [6.45, 7) is 6.30. The Hall–Kier alpha value is -2.84. The molecule has 2 heterocycles. The Kier molecular flexibility index (Phi) is 7.48. The number of amidine groups is 1. The van der Waals surface area contributed by atoms with Gasteiger partial charge in [-0.25, -0.2) is 9.79 Å². The van der Waals surface area contributed by atoms with Crippen LogP contribution in [-0.4, -0.2) is 48.8 Å². The van der Waals surface area contributed by atoms with Gasteiger partial charge < -0.3 is 19.7 Å². The van der Waals surface area contributed by atoms with Crippen LogP contribution < -0.4 is 5.32 Å². The lowest BCUT2D eigenvalue weighted by atomic mass is 9.94. The number of amides is 1. The SMILES string of the molecule is C=CCNC(=O)CC1=CSC2=NC(C)=C(C(=O)OCCOC)C(c3ccccc3)N12. The number of nitrogens with one attached hydrogen (secondary N) is 1. The highest BCUT2D eigenvalue weighted by molar-refractivity contribution is 8.16. The number of rotatable bonds is 9. The van der Waals surface area contributed by atoms with Crippen LogP contribution in [-0.2, 0) is 19.1 Å². The number of benzene rings is 1. The summed E-state index contributed by atoms with van der Waals surface area (Å²) < 4.78 is 10.4. The van der Waals surface area contributed by atoms with Gasteiger partial charge in [-0.05, 0) is 17.9 Å². The van der Waals surface area contributed by atoms with Crippen LogP contribution in [0, 0.1) is 0 Å². The van der Waals surface area contributed by atoms with Crippen LogP contribution in [0.5, 0.6) is 0 Å². The first-order valence-corrected chi connectivity index (χ1v) is 10.5. The average Bonchev–Trinajstić information content (AvgIpc) is 3.13. The molecule has 0 bridgehead atoms. The number of fused-ring (bicyclic) bond motifs is 1. The van der Waals surface area contributed by atoms with Gasteiger partial charge in [-0.15, -0.1) is 6.58 Å². The highest BCUT2D eigenvalue weighted by atomic mass is 32.2. The smallest absolute Gasteiger partial charge is 0.338 e. The third kappa shape index (κ3) is 4.83. The number of carbonyl (C=O) groups is 2. The fourth-order valence-corrected chi connectivity index (χ4v) is 4.25. The lowest BCUT2D eigenvalue weighted by Gasteiger charge is -2.36. The van der Waals surface area contributed by atoms with Gasteiger partial charge in [-0.1, -0.05) is 48.2 Å². The number of hydrogen-bond acceptors (Lipinski definition) is 7. The van der Waals surface area contributed by atoms with Crippen molar-refractivity contribution < 1.29 is 19.1 Å². The molecular formula is C22H25N3O4S. The number of nitrogens with zero attached hydrogens (tertiary/aromatic N) is 2. The highest BCUT2D eigenvalue weighted by Gasteiger charge is 2.41. The third-order valence-corrected chi connectivity index (χ3v) is 5.53. The molecule has 0 saturated carbocycles. The van der Waals surface area contributed by atoms with Crippen molar-refractivity contribution in [3.63, 3.8) is 0 Å². The number of esters is 1. The molecule has 3 rings (SSSR count). The highest BCUT2D eigenvalue weighted by Crippen LogP contribution is 2.44. The van der Waals surface area contributed by atoms with E-state index in [0.29, 0.717) is 24.4 Å². The molecule has 0 radical (unpaired) electrons. The largest absolute Gasteiger partial charge is 0.460 e. The first-order chi connectivity index (χ1) is 14.6. The molecule has 1 unspecified atom stereocenters. The van der Waals surface area contributed by atoms with Crippen molar-refractivity contribution in [3.05, 3.63) is 70.9 Å². The van der Waals surface area contributed by atoms with E-state index in [1.807, 2.05) is 47.6 Å². The van der Waals surface area contributed by atoms with Gasteiger partial charge in [0.1, 0.15) is 6.61 Å². The van der Waals surface area contributed by atoms with Crippen LogP contribution in [0.25, 0.3) is 0 Å². The van der Waals surface area contributed by atoms with E-state index in [-0.39, 0.29) is 18.9 Å². The normalized spacial score (nSPS) is 17.8. The molecule has 1 N–H and O–H groups in total. The van der Waals surface area contributed by atoms with Crippen LogP contribution in [0.2, 0.25) is 0 Å². The van der Waals surface area contributed by atoms with Crippen LogP contribution >= 0.6 is 11.8 Å². The number of aliphatic imine (C=N–C) groups is 1.